The van der Waals surface area contributed by atoms with Crippen LogP contribution in [0.25, 0.3) is 0 Å². The summed E-state index contributed by atoms with van der Waals surface area (Å²) < 4.78 is 0. The Labute approximate surface area is 166 Å². The first-order chi connectivity index (χ1) is 13.2. The second-order valence-electron chi connectivity index (χ2n) is 8.01. The van der Waals surface area contributed by atoms with Gasteiger partial charge < -0.3 is 15.1 Å². The van der Waals surface area contributed by atoms with Gasteiger partial charge in [0.25, 0.3) is 0 Å². The lowest BCUT2D eigenvalue weighted by Crippen LogP contribution is -2.56. The summed E-state index contributed by atoms with van der Waals surface area (Å²) in [7, 11) is 4.06. The van der Waals surface area contributed by atoms with Crippen LogP contribution in [0, 0.1) is 5.92 Å². The smallest absolute Gasteiger partial charge is 0.242 e. The van der Waals surface area contributed by atoms with Gasteiger partial charge in [-0.3, -0.25) is 14.7 Å². The van der Waals surface area contributed by atoms with Gasteiger partial charge in [0.1, 0.15) is 0 Å². The molecule has 3 heterocycles. The van der Waals surface area contributed by atoms with Crippen molar-refractivity contribution in [3.05, 3.63) is 22.4 Å². The third-order valence-corrected chi connectivity index (χ3v) is 7.06. The van der Waals surface area contributed by atoms with E-state index in [2.05, 4.69) is 49.6 Å². The molecule has 1 aliphatic carbocycles. The van der Waals surface area contributed by atoms with E-state index in [4.69, 9.17) is 0 Å². The fraction of sp³-hybridized carbons (Fsp3) is 0.700. The average Bonchev–Trinajstić information content (AvgIpc) is 3.36. The van der Waals surface area contributed by atoms with E-state index in [1.807, 2.05) is 18.4 Å². The Morgan fingerprint density at radius 2 is 2.15 bits per heavy atom. The standard InChI is InChI=1S/C20H31N5OS/c1-21-20(24-10-11-25(16-7-8-16)18(26)14-24)22-13-15-5-3-9-23(2)19(15)17-6-4-12-27-17/h4,6,12,15-16,19H,3,5,7-11,13-14H2,1-2H3,(H,21,22). The Hall–Kier alpha value is -1.60. The van der Waals surface area contributed by atoms with E-state index in [-0.39, 0.29) is 5.91 Å². The summed E-state index contributed by atoms with van der Waals surface area (Å²) in [5, 5.41) is 5.76. The number of likely N-dealkylation sites (tertiary alicyclic amines) is 1. The molecular formula is C20H31N5OS. The van der Waals surface area contributed by atoms with Crippen LogP contribution in [-0.2, 0) is 4.79 Å². The fourth-order valence-electron chi connectivity index (χ4n) is 4.58. The van der Waals surface area contributed by atoms with E-state index in [1.54, 1.807) is 0 Å². The van der Waals surface area contributed by atoms with Crippen LogP contribution in [-0.4, -0.2) is 79.4 Å². The highest BCUT2D eigenvalue weighted by Crippen LogP contribution is 2.36. The first-order valence-electron chi connectivity index (χ1n) is 10.2. The van der Waals surface area contributed by atoms with Gasteiger partial charge in [-0.15, -0.1) is 11.3 Å². The number of guanidine groups is 1. The molecule has 27 heavy (non-hydrogen) atoms. The Kier molecular flexibility index (Phi) is 5.68. The van der Waals surface area contributed by atoms with Gasteiger partial charge in [0.2, 0.25) is 5.91 Å². The molecule has 1 amide bonds. The number of nitrogens with zero attached hydrogens (tertiary/aromatic N) is 4. The highest BCUT2D eigenvalue weighted by Gasteiger charge is 2.37. The van der Waals surface area contributed by atoms with Crippen LogP contribution in [0.15, 0.2) is 22.5 Å². The zero-order valence-electron chi connectivity index (χ0n) is 16.4. The highest BCUT2D eigenvalue weighted by molar-refractivity contribution is 7.10. The SMILES string of the molecule is CN=C(NCC1CCCN(C)C1c1cccs1)N1CCN(C2CC2)C(=O)C1. The number of piperidine rings is 1. The Morgan fingerprint density at radius 3 is 2.81 bits per heavy atom. The van der Waals surface area contributed by atoms with E-state index in [0.717, 1.165) is 32.1 Å². The number of carbonyl (C=O) groups is 1. The molecule has 1 saturated carbocycles. The number of thiophene rings is 1. The lowest BCUT2D eigenvalue weighted by molar-refractivity contribution is -0.135. The van der Waals surface area contributed by atoms with Crippen molar-refractivity contribution in [2.75, 3.05) is 46.8 Å². The summed E-state index contributed by atoms with van der Waals surface area (Å²) in [6.07, 6.45) is 4.82. The molecular weight excluding hydrogens is 358 g/mol. The predicted octanol–water partition coefficient (Wildman–Crippen LogP) is 2.01. The molecule has 148 valence electrons. The van der Waals surface area contributed by atoms with Crippen molar-refractivity contribution in [2.45, 2.75) is 37.8 Å². The van der Waals surface area contributed by atoms with E-state index in [0.29, 0.717) is 24.5 Å². The molecule has 2 unspecified atom stereocenters. The minimum atomic E-state index is 0.251. The number of hydrogen-bond acceptors (Lipinski definition) is 4. The third kappa shape index (κ3) is 4.14. The molecule has 4 rings (SSSR count). The van der Waals surface area contributed by atoms with Crippen molar-refractivity contribution < 1.29 is 4.79 Å². The number of carbonyl (C=O) groups excluding carboxylic acids is 1. The molecule has 2 saturated heterocycles. The van der Waals surface area contributed by atoms with Gasteiger partial charge in [-0.2, -0.15) is 0 Å². The van der Waals surface area contributed by atoms with Crippen molar-refractivity contribution in [3.8, 4) is 0 Å². The molecule has 3 fully saturated rings. The molecule has 3 aliphatic rings. The summed E-state index contributed by atoms with van der Waals surface area (Å²) in [6.45, 7) is 4.21. The lowest BCUT2D eigenvalue weighted by atomic mass is 9.88. The van der Waals surface area contributed by atoms with E-state index < -0.39 is 0 Å². The number of nitrogens with one attached hydrogen (secondary N) is 1. The quantitative estimate of drug-likeness (QED) is 0.632. The van der Waals surface area contributed by atoms with Crippen molar-refractivity contribution in [1.29, 1.82) is 0 Å². The molecule has 1 aromatic heterocycles. The van der Waals surface area contributed by atoms with Crippen LogP contribution >= 0.6 is 11.3 Å². The lowest BCUT2D eigenvalue weighted by Gasteiger charge is -2.40. The van der Waals surface area contributed by atoms with Crippen LogP contribution < -0.4 is 5.32 Å². The average molecular weight is 390 g/mol. The number of hydrogen-bond donors (Lipinski definition) is 1. The van der Waals surface area contributed by atoms with E-state index in [9.17, 15) is 4.79 Å². The van der Waals surface area contributed by atoms with Crippen LogP contribution in [0.2, 0.25) is 0 Å². The van der Waals surface area contributed by atoms with E-state index in [1.165, 1.54) is 30.6 Å². The minimum Gasteiger partial charge on any atom is -0.356 e. The van der Waals surface area contributed by atoms with Crippen molar-refractivity contribution in [2.24, 2.45) is 10.9 Å². The normalized spacial score (nSPS) is 27.9. The molecule has 6 nitrogen and oxygen atoms in total. The molecule has 7 heteroatoms. The zero-order valence-corrected chi connectivity index (χ0v) is 17.2. The molecule has 1 aromatic rings. The summed E-state index contributed by atoms with van der Waals surface area (Å²) in [5.41, 5.74) is 0. The Morgan fingerprint density at radius 1 is 1.30 bits per heavy atom. The molecule has 0 aromatic carbocycles. The van der Waals surface area contributed by atoms with Crippen LogP contribution in [0.5, 0.6) is 0 Å². The van der Waals surface area contributed by atoms with Gasteiger partial charge in [0.15, 0.2) is 5.96 Å². The van der Waals surface area contributed by atoms with Gasteiger partial charge in [-0.1, -0.05) is 6.07 Å². The van der Waals surface area contributed by atoms with Crippen molar-refractivity contribution >= 4 is 23.2 Å². The monoisotopic (exact) mass is 389 g/mol. The Bertz CT molecular complexity index is 672. The van der Waals surface area contributed by atoms with Crippen LogP contribution in [0.4, 0.5) is 0 Å². The summed E-state index contributed by atoms with van der Waals surface area (Å²) in [6, 6.07) is 5.39. The first kappa shape index (κ1) is 18.7. The molecule has 0 radical (unpaired) electrons. The highest BCUT2D eigenvalue weighted by atomic mass is 32.1. The summed E-state index contributed by atoms with van der Waals surface area (Å²) >= 11 is 1.85. The number of piperazine rings is 1. The molecule has 1 N–H and O–H groups in total. The summed E-state index contributed by atoms with van der Waals surface area (Å²) in [4.78, 5) is 25.1. The molecule has 0 bridgehead atoms. The molecule has 2 aliphatic heterocycles. The molecule has 2 atom stereocenters. The second-order valence-corrected chi connectivity index (χ2v) is 8.99. The largest absolute Gasteiger partial charge is 0.356 e. The van der Waals surface area contributed by atoms with Gasteiger partial charge in [0.05, 0.1) is 6.54 Å². The predicted molar refractivity (Wildman–Crippen MR) is 110 cm³/mol. The van der Waals surface area contributed by atoms with Gasteiger partial charge in [0, 0.05) is 43.6 Å². The van der Waals surface area contributed by atoms with Gasteiger partial charge >= 0.3 is 0 Å². The molecule has 0 spiro atoms. The minimum absolute atomic E-state index is 0.251. The van der Waals surface area contributed by atoms with Crippen molar-refractivity contribution in [1.82, 2.24) is 20.0 Å². The number of aliphatic imine (C=N–C) groups is 1. The maximum atomic E-state index is 12.5. The van der Waals surface area contributed by atoms with Crippen molar-refractivity contribution in [3.63, 3.8) is 0 Å². The number of rotatable bonds is 4. The van der Waals surface area contributed by atoms with Gasteiger partial charge in [-0.25, -0.2) is 0 Å². The topological polar surface area (TPSA) is 51.2 Å². The van der Waals surface area contributed by atoms with Crippen LogP contribution in [0.3, 0.4) is 0 Å². The maximum absolute atomic E-state index is 12.5. The van der Waals surface area contributed by atoms with Crippen LogP contribution in [0.1, 0.15) is 36.6 Å². The maximum Gasteiger partial charge on any atom is 0.242 e. The Balaban J connectivity index is 1.36. The zero-order chi connectivity index (χ0) is 18.8. The summed E-state index contributed by atoms with van der Waals surface area (Å²) in [5.74, 6) is 1.68. The fourth-order valence-corrected chi connectivity index (χ4v) is 5.56. The second kappa shape index (κ2) is 8.19. The van der Waals surface area contributed by atoms with Gasteiger partial charge in [-0.05, 0) is 56.6 Å². The van der Waals surface area contributed by atoms with E-state index >= 15 is 0 Å². The first-order valence-corrected chi connectivity index (χ1v) is 11.0. The third-order valence-electron chi connectivity index (χ3n) is 6.12. The number of amides is 1.